The Morgan fingerprint density at radius 3 is 0.786 bits per heavy atom. The zero-order chi connectivity index (χ0) is 59.9. The second-order valence-electron chi connectivity index (χ2n) is 19.5. The first-order chi connectivity index (χ1) is 40.6. The summed E-state index contributed by atoms with van der Waals surface area (Å²) in [5.74, 6) is 0.00738. The van der Waals surface area contributed by atoms with Crippen LogP contribution in [0.4, 0.5) is 22.7 Å². The highest BCUT2D eigenvalue weighted by atomic mass is 16.5. The maximum atomic E-state index is 14.0. The van der Waals surface area contributed by atoms with Crippen LogP contribution in [0, 0.1) is 0 Å². The SMILES string of the molecule is COc1cccc(OC)c1-c1c2nc(c(-c3c(NC(=O)[C@H](C)OC)cccc3NC(=O)[C@H](C)OC)c3ccc([nH]3)c(-c3c(OC)cccc3OC)c3nc(c(-c4c(NC(=O)[C@H](C)OC)cccc4NC(=O)[C@H](C)OC)c4ccc1[nH]4)C=C3)C=C2. The number of rotatable bonds is 20. The monoisotopic (exact) mass is 1140 g/mol. The number of hydrogen-bond acceptors (Lipinski definition) is 14. The number of nitrogens with zero attached hydrogens (tertiary/aromatic N) is 2. The number of H-pyrrole nitrogens is 2. The van der Waals surface area contributed by atoms with Gasteiger partial charge < -0.3 is 69.1 Å². The average Bonchev–Trinajstić information content (AvgIpc) is 2.37. The molecule has 4 atom stereocenters. The van der Waals surface area contributed by atoms with Crippen LogP contribution in [-0.4, -0.2) is 125 Å². The summed E-state index contributed by atoms with van der Waals surface area (Å²) in [5, 5.41) is 12.3. The maximum absolute atomic E-state index is 14.0. The lowest BCUT2D eigenvalue weighted by Crippen LogP contribution is -2.28. The van der Waals surface area contributed by atoms with E-state index >= 15 is 0 Å². The molecule has 84 heavy (non-hydrogen) atoms. The first kappa shape index (κ1) is 59.0. The number of methoxy groups -OCH3 is 8. The van der Waals surface area contributed by atoms with Crippen molar-refractivity contribution in [3.05, 3.63) is 120 Å². The molecule has 0 unspecified atom stereocenters. The molecule has 5 heterocycles. The van der Waals surface area contributed by atoms with Crippen LogP contribution in [0.1, 0.15) is 50.5 Å². The van der Waals surface area contributed by atoms with Gasteiger partial charge >= 0.3 is 0 Å². The first-order valence-electron chi connectivity index (χ1n) is 26.8. The molecule has 434 valence electrons. The predicted octanol–water partition coefficient (Wildman–Crippen LogP) is 11.3. The Morgan fingerprint density at radius 2 is 0.560 bits per heavy atom. The third kappa shape index (κ3) is 11.6. The number of fused-ring (bicyclic) bond motifs is 8. The van der Waals surface area contributed by atoms with Crippen molar-refractivity contribution in [2.24, 2.45) is 0 Å². The van der Waals surface area contributed by atoms with Crippen molar-refractivity contribution in [1.82, 2.24) is 19.9 Å². The van der Waals surface area contributed by atoms with Gasteiger partial charge in [0.2, 0.25) is 0 Å². The lowest BCUT2D eigenvalue weighted by molar-refractivity contribution is -0.125. The largest absolute Gasteiger partial charge is 0.496 e. The zero-order valence-electron chi connectivity index (χ0n) is 48.6. The van der Waals surface area contributed by atoms with Crippen LogP contribution in [0.25, 0.3) is 90.9 Å². The summed E-state index contributed by atoms with van der Waals surface area (Å²) in [6, 6.07) is 28.8. The van der Waals surface area contributed by atoms with E-state index in [0.29, 0.717) is 135 Å². The minimum atomic E-state index is -0.866. The van der Waals surface area contributed by atoms with E-state index in [9.17, 15) is 19.2 Å². The fourth-order valence-electron chi connectivity index (χ4n) is 9.88. The quantitative estimate of drug-likeness (QED) is 0.0416. The van der Waals surface area contributed by atoms with Gasteiger partial charge in [-0.1, -0.05) is 24.3 Å². The Morgan fingerprint density at radius 1 is 0.333 bits per heavy atom. The number of aromatic nitrogens is 4. The van der Waals surface area contributed by atoms with Crippen molar-refractivity contribution in [3.8, 4) is 67.5 Å². The van der Waals surface area contributed by atoms with Crippen LogP contribution in [0.15, 0.2) is 97.1 Å². The van der Waals surface area contributed by atoms with Gasteiger partial charge in [0.15, 0.2) is 0 Å². The van der Waals surface area contributed by atoms with Gasteiger partial charge in [-0.25, -0.2) is 9.97 Å². The van der Waals surface area contributed by atoms with Crippen LogP contribution < -0.4 is 40.2 Å². The highest BCUT2D eigenvalue weighted by molar-refractivity contribution is 6.12. The third-order valence-corrected chi connectivity index (χ3v) is 14.7. The molecular formula is C64H66N8O12. The van der Waals surface area contributed by atoms with E-state index in [1.165, 1.54) is 28.4 Å². The van der Waals surface area contributed by atoms with Gasteiger partial charge in [-0.05, 0) is 125 Å². The molecular weight excluding hydrogens is 1070 g/mol. The van der Waals surface area contributed by atoms with E-state index in [2.05, 4.69) is 31.2 Å². The van der Waals surface area contributed by atoms with Crippen molar-refractivity contribution in [1.29, 1.82) is 0 Å². The Labute approximate surface area is 485 Å². The second kappa shape index (κ2) is 25.7. The van der Waals surface area contributed by atoms with Gasteiger partial charge in [-0.3, -0.25) is 19.2 Å². The number of amides is 4. The summed E-state index contributed by atoms with van der Waals surface area (Å²) in [6.45, 7) is 6.52. The minimum absolute atomic E-state index is 0.322. The smallest absolute Gasteiger partial charge is 0.253 e. The van der Waals surface area contributed by atoms with E-state index in [0.717, 1.165) is 0 Å². The van der Waals surface area contributed by atoms with Gasteiger partial charge in [0.05, 0.1) is 85.1 Å². The highest BCUT2D eigenvalue weighted by Gasteiger charge is 2.29. The number of nitrogens with one attached hydrogen (secondary N) is 6. The lowest BCUT2D eigenvalue weighted by atomic mass is 9.98. The van der Waals surface area contributed by atoms with Crippen molar-refractivity contribution < 1.29 is 57.1 Å². The standard InChI is InChI=1S/C64H66N8O12/c1-33(77-5)61(73)69-37-17-13-18-38(70-62(74)34(2)78-6)53(37)55-41-25-29-45(65-41)57(59-49(81-9)21-15-22-50(59)82-10)47-31-27-43(67-47)56(54-39(71-63(75)35(3)79-7)19-14-20-40(54)72-64(76)36(4)80-8)44-28-32-48(68-44)58(46-30-26-42(55)66-46)60-51(83-11)23-16-24-52(60)84-12/h13-36,65,68H,1-12H3,(H,69,73)(H,70,74)(H,71,75)(H,72,76)/t33-,34-,35-,36-/m0/s1. The summed E-state index contributed by atoms with van der Waals surface area (Å²) in [7, 11) is 12.0. The summed E-state index contributed by atoms with van der Waals surface area (Å²) < 4.78 is 46.3. The second-order valence-corrected chi connectivity index (χ2v) is 19.5. The number of hydrogen-bond donors (Lipinski definition) is 6. The average molecular weight is 1140 g/mol. The van der Waals surface area contributed by atoms with E-state index in [1.807, 2.05) is 85.0 Å². The molecule has 4 amide bonds. The summed E-state index contributed by atoms with van der Waals surface area (Å²) in [4.78, 5) is 74.2. The fraction of sp³-hybridized carbons (Fsp3) is 0.250. The molecule has 7 aromatic rings. The number of carbonyl (C=O) groups excluding carboxylic acids is 4. The zero-order valence-corrected chi connectivity index (χ0v) is 48.6. The van der Waals surface area contributed by atoms with E-state index in [-0.39, 0.29) is 0 Å². The minimum Gasteiger partial charge on any atom is -0.496 e. The predicted molar refractivity (Wildman–Crippen MR) is 327 cm³/mol. The van der Waals surface area contributed by atoms with Crippen LogP contribution in [0.2, 0.25) is 0 Å². The third-order valence-electron chi connectivity index (χ3n) is 14.7. The van der Waals surface area contributed by atoms with E-state index in [1.54, 1.807) is 92.5 Å². The maximum Gasteiger partial charge on any atom is 0.253 e. The van der Waals surface area contributed by atoms with E-state index in [4.69, 9.17) is 47.9 Å². The Kier molecular flexibility index (Phi) is 18.0. The molecule has 6 N–H and O–H groups in total. The highest BCUT2D eigenvalue weighted by Crippen LogP contribution is 2.49. The first-order valence-corrected chi connectivity index (χ1v) is 26.8. The number of aromatic amines is 2. The molecule has 2 aliphatic heterocycles. The van der Waals surface area contributed by atoms with Gasteiger partial charge in [-0.15, -0.1) is 0 Å². The Hall–Kier alpha value is -9.60. The van der Waals surface area contributed by atoms with Crippen LogP contribution in [0.3, 0.4) is 0 Å². The van der Waals surface area contributed by atoms with Crippen LogP contribution in [-0.2, 0) is 38.1 Å². The van der Waals surface area contributed by atoms with Crippen molar-refractivity contribution in [3.63, 3.8) is 0 Å². The van der Waals surface area contributed by atoms with Crippen molar-refractivity contribution in [2.45, 2.75) is 52.1 Å². The number of benzene rings is 4. The lowest BCUT2D eigenvalue weighted by Gasteiger charge is -2.20. The molecule has 0 spiro atoms. The molecule has 0 aliphatic carbocycles. The number of carbonyl (C=O) groups is 4. The van der Waals surface area contributed by atoms with Crippen LogP contribution in [0.5, 0.6) is 23.0 Å². The molecule has 20 heteroatoms. The molecule has 4 aromatic carbocycles. The fourth-order valence-corrected chi connectivity index (χ4v) is 9.88. The molecule has 3 aromatic heterocycles. The summed E-state index contributed by atoms with van der Waals surface area (Å²) in [5.41, 5.74) is 8.84. The Bertz CT molecular complexity index is 3560. The van der Waals surface area contributed by atoms with Gasteiger partial charge in [-0.2, -0.15) is 0 Å². The molecule has 8 bridgehead atoms. The summed E-state index contributed by atoms with van der Waals surface area (Å²) >= 11 is 0. The summed E-state index contributed by atoms with van der Waals surface area (Å²) in [6.07, 6.45) is 3.95. The van der Waals surface area contributed by atoms with Gasteiger partial charge in [0.1, 0.15) is 47.4 Å². The van der Waals surface area contributed by atoms with Crippen molar-refractivity contribution in [2.75, 3.05) is 78.1 Å². The Balaban J connectivity index is 1.54. The van der Waals surface area contributed by atoms with Crippen molar-refractivity contribution >= 4 is 92.7 Å². The number of ether oxygens (including phenoxy) is 8. The molecule has 20 nitrogen and oxygen atoms in total. The molecule has 2 aliphatic rings. The van der Waals surface area contributed by atoms with E-state index < -0.39 is 48.0 Å². The normalized spacial score (nSPS) is 13.1. The van der Waals surface area contributed by atoms with Crippen LogP contribution >= 0.6 is 0 Å². The molecule has 0 saturated heterocycles. The molecule has 0 saturated carbocycles. The molecule has 0 fully saturated rings. The topological polar surface area (TPSA) is 248 Å². The molecule has 9 rings (SSSR count). The van der Waals surface area contributed by atoms with Gasteiger partial charge in [0.25, 0.3) is 23.6 Å². The number of anilines is 4. The van der Waals surface area contributed by atoms with Gasteiger partial charge in [0, 0.05) is 83.9 Å². The molecule has 0 radical (unpaired) electrons.